The van der Waals surface area contributed by atoms with E-state index in [1.165, 1.54) is 27.9 Å². The summed E-state index contributed by atoms with van der Waals surface area (Å²) in [6.45, 7) is 4.28. The number of aryl methyl sites for hydroxylation is 3. The van der Waals surface area contributed by atoms with Gasteiger partial charge in [0.25, 0.3) is 0 Å². The number of rotatable bonds is 2. The van der Waals surface area contributed by atoms with Crippen molar-refractivity contribution in [2.45, 2.75) is 32.7 Å². The first-order valence-corrected chi connectivity index (χ1v) is 7.13. The summed E-state index contributed by atoms with van der Waals surface area (Å²) in [5.74, 6) is 0. The third kappa shape index (κ3) is 2.62. The summed E-state index contributed by atoms with van der Waals surface area (Å²) < 4.78 is 0. The smallest absolute Gasteiger partial charge is 0.0519 e. The third-order valence-electron chi connectivity index (χ3n) is 3.75. The molecule has 0 saturated heterocycles. The van der Waals surface area contributed by atoms with Gasteiger partial charge in [0.1, 0.15) is 0 Å². The lowest BCUT2D eigenvalue weighted by atomic mass is 10.1. The van der Waals surface area contributed by atoms with E-state index in [-0.39, 0.29) is 0 Å². The molecule has 0 radical (unpaired) electrons. The van der Waals surface area contributed by atoms with Crippen molar-refractivity contribution in [2.75, 3.05) is 5.32 Å². The Morgan fingerprint density at radius 1 is 1.05 bits per heavy atom. The maximum atomic E-state index is 6.05. The van der Waals surface area contributed by atoms with E-state index < -0.39 is 0 Å². The number of nitrogens with one attached hydrogen (secondary N) is 1. The third-order valence-corrected chi connectivity index (χ3v) is 3.98. The molecule has 2 aromatic carbocycles. The molecule has 1 atom stereocenters. The van der Waals surface area contributed by atoms with E-state index in [4.69, 9.17) is 11.6 Å². The maximum absolute atomic E-state index is 6.05. The molecule has 0 fully saturated rings. The van der Waals surface area contributed by atoms with Crippen molar-refractivity contribution in [1.82, 2.24) is 0 Å². The number of benzene rings is 2. The van der Waals surface area contributed by atoms with Gasteiger partial charge in [0.15, 0.2) is 0 Å². The molecule has 2 heteroatoms. The van der Waals surface area contributed by atoms with E-state index in [0.717, 1.165) is 17.9 Å². The van der Waals surface area contributed by atoms with Gasteiger partial charge in [-0.15, -0.1) is 0 Å². The first-order chi connectivity index (χ1) is 9.11. The Labute approximate surface area is 119 Å². The van der Waals surface area contributed by atoms with Crippen LogP contribution in [-0.4, -0.2) is 0 Å². The molecule has 1 N–H and O–H groups in total. The molecule has 1 nitrogen and oxygen atoms in total. The van der Waals surface area contributed by atoms with E-state index in [1.807, 2.05) is 6.07 Å². The molecular formula is C17H18ClN. The number of hydrogen-bond donors (Lipinski definition) is 1. The minimum Gasteiger partial charge on any atom is -0.378 e. The predicted molar refractivity (Wildman–Crippen MR) is 82.1 cm³/mol. The highest BCUT2D eigenvalue weighted by Crippen LogP contribution is 2.35. The van der Waals surface area contributed by atoms with Crippen molar-refractivity contribution >= 4 is 17.3 Å². The van der Waals surface area contributed by atoms with E-state index in [9.17, 15) is 0 Å². The molecule has 1 aliphatic carbocycles. The number of anilines is 1. The van der Waals surface area contributed by atoms with Crippen molar-refractivity contribution in [1.29, 1.82) is 0 Å². The second kappa shape index (κ2) is 4.90. The fraction of sp³-hybridized carbons (Fsp3) is 0.294. The molecule has 0 aliphatic heterocycles. The zero-order chi connectivity index (χ0) is 13.4. The van der Waals surface area contributed by atoms with Crippen molar-refractivity contribution in [3.63, 3.8) is 0 Å². The van der Waals surface area contributed by atoms with Crippen LogP contribution < -0.4 is 5.32 Å². The lowest BCUT2D eigenvalue weighted by Crippen LogP contribution is -2.07. The fourth-order valence-corrected chi connectivity index (χ4v) is 3.19. The molecule has 1 unspecified atom stereocenters. The van der Waals surface area contributed by atoms with Gasteiger partial charge < -0.3 is 5.32 Å². The lowest BCUT2D eigenvalue weighted by Gasteiger charge is -2.16. The molecule has 0 aromatic heterocycles. The fourth-order valence-electron chi connectivity index (χ4n) is 3.00. The van der Waals surface area contributed by atoms with Crippen molar-refractivity contribution < 1.29 is 0 Å². The monoisotopic (exact) mass is 271 g/mol. The largest absolute Gasteiger partial charge is 0.378 e. The van der Waals surface area contributed by atoms with Crippen LogP contribution >= 0.6 is 11.6 Å². The number of fused-ring (bicyclic) bond motifs is 1. The van der Waals surface area contributed by atoms with Crippen molar-refractivity contribution in [2.24, 2.45) is 0 Å². The second-order valence-corrected chi connectivity index (χ2v) is 5.89. The summed E-state index contributed by atoms with van der Waals surface area (Å²) in [5, 5.41) is 4.49. The molecule has 0 amide bonds. The second-order valence-electron chi connectivity index (χ2n) is 5.46. The summed E-state index contributed by atoms with van der Waals surface area (Å²) in [6, 6.07) is 13.3. The van der Waals surface area contributed by atoms with E-state index in [1.54, 1.807) is 0 Å². The Balaban J connectivity index is 1.86. The minimum atomic E-state index is 0.411. The first-order valence-electron chi connectivity index (χ1n) is 6.75. The summed E-state index contributed by atoms with van der Waals surface area (Å²) in [5.41, 5.74) is 6.59. The van der Waals surface area contributed by atoms with Crippen LogP contribution in [0.2, 0.25) is 5.02 Å². The van der Waals surface area contributed by atoms with Gasteiger partial charge in [-0.1, -0.05) is 23.7 Å². The molecule has 0 bridgehead atoms. The quantitative estimate of drug-likeness (QED) is 0.805. The van der Waals surface area contributed by atoms with E-state index in [0.29, 0.717) is 6.04 Å². The van der Waals surface area contributed by atoms with E-state index >= 15 is 0 Å². The maximum Gasteiger partial charge on any atom is 0.0519 e. The van der Waals surface area contributed by atoms with Gasteiger partial charge in [-0.25, -0.2) is 0 Å². The highest BCUT2D eigenvalue weighted by atomic mass is 35.5. The molecule has 0 heterocycles. The standard InChI is InChI=1S/C17H18ClN/c1-11-7-12(2)9-15(8-11)19-17-6-3-13-10-14(18)4-5-16(13)17/h4-5,7-10,17,19H,3,6H2,1-2H3. The van der Waals surface area contributed by atoms with Gasteiger partial charge in [-0.3, -0.25) is 0 Å². The molecule has 2 aromatic rings. The normalized spacial score (nSPS) is 17.3. The Kier molecular flexibility index (Phi) is 3.24. The van der Waals surface area contributed by atoms with Crippen LogP contribution in [0.15, 0.2) is 36.4 Å². The lowest BCUT2D eigenvalue weighted by molar-refractivity contribution is 0.762. The SMILES string of the molecule is Cc1cc(C)cc(NC2CCc3cc(Cl)ccc32)c1. The number of hydrogen-bond acceptors (Lipinski definition) is 1. The average molecular weight is 272 g/mol. The number of halogens is 1. The first kappa shape index (κ1) is 12.6. The predicted octanol–water partition coefficient (Wildman–Crippen LogP) is 5.06. The van der Waals surface area contributed by atoms with Crippen LogP contribution in [0.3, 0.4) is 0 Å². The van der Waals surface area contributed by atoms with Crippen LogP contribution in [0.4, 0.5) is 5.69 Å². The van der Waals surface area contributed by atoms with Gasteiger partial charge in [-0.05, 0) is 73.2 Å². The summed E-state index contributed by atoms with van der Waals surface area (Å²) in [7, 11) is 0. The zero-order valence-corrected chi connectivity index (χ0v) is 12.1. The van der Waals surface area contributed by atoms with E-state index in [2.05, 4.69) is 49.5 Å². The molecule has 98 valence electrons. The molecular weight excluding hydrogens is 254 g/mol. The Morgan fingerprint density at radius 2 is 1.79 bits per heavy atom. The molecule has 0 saturated carbocycles. The molecule has 1 aliphatic rings. The van der Waals surface area contributed by atoms with Crippen LogP contribution in [0.5, 0.6) is 0 Å². The summed E-state index contributed by atoms with van der Waals surface area (Å²) in [4.78, 5) is 0. The van der Waals surface area contributed by atoms with Gasteiger partial charge in [-0.2, -0.15) is 0 Å². The van der Waals surface area contributed by atoms with Gasteiger partial charge in [0, 0.05) is 10.7 Å². The van der Waals surface area contributed by atoms with Crippen LogP contribution in [0.1, 0.15) is 34.7 Å². The molecule has 3 rings (SSSR count). The van der Waals surface area contributed by atoms with Crippen molar-refractivity contribution in [3.8, 4) is 0 Å². The Bertz CT molecular complexity index is 598. The minimum absolute atomic E-state index is 0.411. The average Bonchev–Trinajstić information content (AvgIpc) is 2.70. The highest BCUT2D eigenvalue weighted by Gasteiger charge is 2.22. The molecule has 0 spiro atoms. The topological polar surface area (TPSA) is 12.0 Å². The van der Waals surface area contributed by atoms with Gasteiger partial charge in [0.2, 0.25) is 0 Å². The summed E-state index contributed by atoms with van der Waals surface area (Å²) >= 11 is 6.05. The van der Waals surface area contributed by atoms with Crippen LogP contribution in [0.25, 0.3) is 0 Å². The molecule has 19 heavy (non-hydrogen) atoms. The van der Waals surface area contributed by atoms with Gasteiger partial charge in [0.05, 0.1) is 6.04 Å². The summed E-state index contributed by atoms with van der Waals surface area (Å²) in [6.07, 6.45) is 2.25. The zero-order valence-electron chi connectivity index (χ0n) is 11.3. The van der Waals surface area contributed by atoms with Crippen LogP contribution in [0, 0.1) is 13.8 Å². The Hall–Kier alpha value is -1.47. The highest BCUT2D eigenvalue weighted by molar-refractivity contribution is 6.30. The van der Waals surface area contributed by atoms with Crippen molar-refractivity contribution in [3.05, 3.63) is 63.7 Å². The Morgan fingerprint density at radius 3 is 2.53 bits per heavy atom. The van der Waals surface area contributed by atoms with Crippen LogP contribution in [-0.2, 0) is 6.42 Å². The van der Waals surface area contributed by atoms with Gasteiger partial charge >= 0.3 is 0 Å².